The molecule has 0 amide bonds. The first-order valence-electron chi connectivity index (χ1n) is 6.11. The number of ether oxygens (including phenoxy) is 1. The first kappa shape index (κ1) is 16.3. The first-order chi connectivity index (χ1) is 7.63. The van der Waals surface area contributed by atoms with Gasteiger partial charge in [-0.1, -0.05) is 26.0 Å². The Hall–Kier alpha value is -0.730. The van der Waals surface area contributed by atoms with Crippen LogP contribution in [0.5, 0.6) is 5.75 Å². The minimum Gasteiger partial charge on any atom is -0.494 e. The van der Waals surface area contributed by atoms with E-state index >= 15 is 0 Å². The maximum atomic E-state index is 6.13. The lowest BCUT2D eigenvalue weighted by atomic mass is 9.98. The maximum Gasteiger partial charge on any atom is 0.119 e. The van der Waals surface area contributed by atoms with E-state index in [9.17, 15) is 0 Å². The molecule has 1 atom stereocenters. The number of halogens is 1. The van der Waals surface area contributed by atoms with Crippen LogP contribution in [-0.2, 0) is 0 Å². The first-order valence-corrected chi connectivity index (χ1v) is 6.11. The lowest BCUT2D eigenvalue weighted by Crippen LogP contribution is -2.11. The summed E-state index contributed by atoms with van der Waals surface area (Å²) in [7, 11) is 0. The number of hydrogen-bond acceptors (Lipinski definition) is 2. The highest BCUT2D eigenvalue weighted by atomic mass is 35.5. The van der Waals surface area contributed by atoms with Gasteiger partial charge < -0.3 is 10.5 Å². The van der Waals surface area contributed by atoms with Crippen molar-refractivity contribution in [1.29, 1.82) is 0 Å². The number of nitrogens with two attached hydrogens (primary N) is 1. The molecule has 1 rings (SSSR count). The summed E-state index contributed by atoms with van der Waals surface area (Å²) in [5.74, 6) is 1.64. The molecular formula is C14H24ClNO. The van der Waals surface area contributed by atoms with Crippen LogP contribution in [0, 0.1) is 5.92 Å². The molecular weight excluding hydrogens is 234 g/mol. The van der Waals surface area contributed by atoms with E-state index in [1.807, 2.05) is 19.1 Å². The fourth-order valence-electron chi connectivity index (χ4n) is 1.66. The Bertz CT molecular complexity index is 298. The van der Waals surface area contributed by atoms with Gasteiger partial charge in [0, 0.05) is 6.04 Å². The Labute approximate surface area is 111 Å². The van der Waals surface area contributed by atoms with Crippen LogP contribution in [0.15, 0.2) is 24.3 Å². The van der Waals surface area contributed by atoms with Gasteiger partial charge in [0.15, 0.2) is 0 Å². The zero-order valence-electron chi connectivity index (χ0n) is 11.0. The molecule has 0 heterocycles. The van der Waals surface area contributed by atoms with Crippen molar-refractivity contribution in [3.05, 3.63) is 29.8 Å². The zero-order valence-corrected chi connectivity index (χ0v) is 11.8. The van der Waals surface area contributed by atoms with E-state index in [0.29, 0.717) is 12.5 Å². The number of benzene rings is 1. The molecule has 2 nitrogen and oxygen atoms in total. The van der Waals surface area contributed by atoms with Crippen molar-refractivity contribution < 1.29 is 4.74 Å². The standard InChI is InChI=1S/C14H23NO.ClH/c1-4-16-13-8-6-12(7-9-13)14(15)10-5-11(2)3;/h6-9,11,14H,4-5,10,15H2,1-3H3;1H/t14-;/m0./s1. The highest BCUT2D eigenvalue weighted by Crippen LogP contribution is 2.21. The summed E-state index contributed by atoms with van der Waals surface area (Å²) in [5, 5.41) is 0. The predicted octanol–water partition coefficient (Wildman–Crippen LogP) is 3.94. The fourth-order valence-corrected chi connectivity index (χ4v) is 1.66. The molecule has 0 aliphatic heterocycles. The lowest BCUT2D eigenvalue weighted by Gasteiger charge is -2.14. The summed E-state index contributed by atoms with van der Waals surface area (Å²) in [6.07, 6.45) is 2.22. The summed E-state index contributed by atoms with van der Waals surface area (Å²) in [4.78, 5) is 0. The highest BCUT2D eigenvalue weighted by Gasteiger charge is 2.06. The molecule has 3 heteroatoms. The molecule has 98 valence electrons. The van der Waals surface area contributed by atoms with Crippen LogP contribution in [0.1, 0.15) is 45.2 Å². The van der Waals surface area contributed by atoms with E-state index in [1.165, 1.54) is 12.0 Å². The van der Waals surface area contributed by atoms with Gasteiger partial charge >= 0.3 is 0 Å². The average Bonchev–Trinajstić information content (AvgIpc) is 2.27. The van der Waals surface area contributed by atoms with Gasteiger partial charge in [0.1, 0.15) is 5.75 Å². The minimum atomic E-state index is 0. The number of hydrogen-bond donors (Lipinski definition) is 1. The second kappa shape index (κ2) is 8.37. The molecule has 0 aromatic heterocycles. The van der Waals surface area contributed by atoms with Crippen LogP contribution in [-0.4, -0.2) is 6.61 Å². The minimum absolute atomic E-state index is 0. The smallest absolute Gasteiger partial charge is 0.119 e. The molecule has 1 aromatic carbocycles. The van der Waals surface area contributed by atoms with Crippen molar-refractivity contribution in [2.75, 3.05) is 6.61 Å². The van der Waals surface area contributed by atoms with Crippen molar-refractivity contribution in [1.82, 2.24) is 0 Å². The highest BCUT2D eigenvalue weighted by molar-refractivity contribution is 5.85. The summed E-state index contributed by atoms with van der Waals surface area (Å²) in [6.45, 7) is 7.15. The maximum absolute atomic E-state index is 6.13. The van der Waals surface area contributed by atoms with Gasteiger partial charge in [0.2, 0.25) is 0 Å². The van der Waals surface area contributed by atoms with E-state index in [4.69, 9.17) is 10.5 Å². The van der Waals surface area contributed by atoms with Crippen LogP contribution < -0.4 is 10.5 Å². The third-order valence-electron chi connectivity index (χ3n) is 2.67. The van der Waals surface area contributed by atoms with Crippen molar-refractivity contribution in [2.45, 2.75) is 39.7 Å². The quantitative estimate of drug-likeness (QED) is 0.838. The molecule has 2 N–H and O–H groups in total. The van der Waals surface area contributed by atoms with E-state index in [0.717, 1.165) is 12.2 Å². The fraction of sp³-hybridized carbons (Fsp3) is 0.571. The molecule has 0 aliphatic carbocycles. The Morgan fingerprint density at radius 2 is 1.71 bits per heavy atom. The summed E-state index contributed by atoms with van der Waals surface area (Å²) in [6, 6.07) is 8.27. The summed E-state index contributed by atoms with van der Waals surface area (Å²) < 4.78 is 5.40. The van der Waals surface area contributed by atoms with Gasteiger partial charge in [0.05, 0.1) is 6.61 Å². The summed E-state index contributed by atoms with van der Waals surface area (Å²) in [5.41, 5.74) is 7.32. The van der Waals surface area contributed by atoms with Gasteiger partial charge in [-0.15, -0.1) is 12.4 Å². The largest absolute Gasteiger partial charge is 0.494 e. The Balaban J connectivity index is 0.00000256. The van der Waals surface area contributed by atoms with Gasteiger partial charge in [-0.3, -0.25) is 0 Å². The van der Waals surface area contributed by atoms with Crippen LogP contribution in [0.25, 0.3) is 0 Å². The molecule has 0 spiro atoms. The van der Waals surface area contributed by atoms with E-state index in [-0.39, 0.29) is 18.4 Å². The average molecular weight is 258 g/mol. The molecule has 1 aromatic rings. The van der Waals surface area contributed by atoms with Crippen molar-refractivity contribution in [2.24, 2.45) is 11.7 Å². The molecule has 0 saturated heterocycles. The van der Waals surface area contributed by atoms with Gasteiger partial charge in [-0.05, 0) is 43.4 Å². The Morgan fingerprint density at radius 3 is 2.18 bits per heavy atom. The third-order valence-corrected chi connectivity index (χ3v) is 2.67. The van der Waals surface area contributed by atoms with E-state index in [2.05, 4.69) is 26.0 Å². The molecule has 0 unspecified atom stereocenters. The molecule has 17 heavy (non-hydrogen) atoms. The summed E-state index contributed by atoms with van der Waals surface area (Å²) >= 11 is 0. The monoisotopic (exact) mass is 257 g/mol. The Morgan fingerprint density at radius 1 is 1.12 bits per heavy atom. The molecule has 0 aliphatic rings. The Kier molecular flexibility index (Phi) is 8.01. The van der Waals surface area contributed by atoms with Crippen LogP contribution in [0.2, 0.25) is 0 Å². The topological polar surface area (TPSA) is 35.2 Å². The zero-order chi connectivity index (χ0) is 12.0. The normalized spacial score (nSPS) is 12.1. The van der Waals surface area contributed by atoms with Crippen molar-refractivity contribution >= 4 is 12.4 Å². The van der Waals surface area contributed by atoms with E-state index < -0.39 is 0 Å². The second-order valence-electron chi connectivity index (χ2n) is 4.58. The molecule has 0 radical (unpaired) electrons. The SMILES string of the molecule is CCOc1ccc([C@@H](N)CCC(C)C)cc1.Cl. The lowest BCUT2D eigenvalue weighted by molar-refractivity contribution is 0.340. The third kappa shape index (κ3) is 5.94. The molecule has 0 fully saturated rings. The van der Waals surface area contributed by atoms with Crippen molar-refractivity contribution in [3.8, 4) is 5.75 Å². The van der Waals surface area contributed by atoms with Gasteiger partial charge in [-0.25, -0.2) is 0 Å². The number of rotatable bonds is 6. The molecule has 0 bridgehead atoms. The van der Waals surface area contributed by atoms with Gasteiger partial charge in [0.25, 0.3) is 0 Å². The van der Waals surface area contributed by atoms with Crippen LogP contribution in [0.4, 0.5) is 0 Å². The van der Waals surface area contributed by atoms with Crippen LogP contribution in [0.3, 0.4) is 0 Å². The molecule has 0 saturated carbocycles. The second-order valence-corrected chi connectivity index (χ2v) is 4.58. The van der Waals surface area contributed by atoms with Gasteiger partial charge in [-0.2, -0.15) is 0 Å². The van der Waals surface area contributed by atoms with E-state index in [1.54, 1.807) is 0 Å². The van der Waals surface area contributed by atoms with Crippen molar-refractivity contribution in [3.63, 3.8) is 0 Å². The van der Waals surface area contributed by atoms with Crippen LogP contribution >= 0.6 is 12.4 Å². The predicted molar refractivity (Wildman–Crippen MR) is 75.9 cm³/mol.